The number of piperidine rings is 1. The first-order chi connectivity index (χ1) is 14.6. The van der Waals surface area contributed by atoms with Crippen molar-refractivity contribution in [2.45, 2.75) is 32.0 Å². The highest BCUT2D eigenvalue weighted by Crippen LogP contribution is 2.23. The van der Waals surface area contributed by atoms with E-state index in [4.69, 9.17) is 5.11 Å². The lowest BCUT2D eigenvalue weighted by Gasteiger charge is -2.33. The van der Waals surface area contributed by atoms with Gasteiger partial charge in [-0.1, -0.05) is 6.07 Å². The van der Waals surface area contributed by atoms with E-state index in [2.05, 4.69) is 50.7 Å². The number of benzene rings is 2. The van der Waals surface area contributed by atoms with E-state index in [0.717, 1.165) is 53.5 Å². The summed E-state index contributed by atoms with van der Waals surface area (Å²) in [6.07, 6.45) is 6.04. The van der Waals surface area contributed by atoms with Crippen LogP contribution in [0.3, 0.4) is 0 Å². The average molecular weight is 403 g/mol. The quantitative estimate of drug-likeness (QED) is 0.457. The lowest BCUT2D eigenvalue weighted by atomic mass is 10.0. The molecule has 7 heteroatoms. The Morgan fingerprint density at radius 2 is 2.13 bits per heavy atom. The number of aliphatic carboxylic acids is 1. The Kier molecular flexibility index (Phi) is 4.88. The van der Waals surface area contributed by atoms with Gasteiger partial charge >= 0.3 is 5.97 Å². The minimum Gasteiger partial charge on any atom is -0.480 e. The van der Waals surface area contributed by atoms with E-state index in [9.17, 15) is 4.79 Å². The number of aromatic nitrogens is 3. The van der Waals surface area contributed by atoms with Crippen LogP contribution in [-0.4, -0.2) is 49.9 Å². The molecule has 7 nitrogen and oxygen atoms in total. The number of nitrogens with one attached hydrogen (secondary N) is 2. The smallest absolute Gasteiger partial charge is 0.323 e. The number of anilines is 1. The summed E-state index contributed by atoms with van der Waals surface area (Å²) in [5, 5.41) is 22.0. The fraction of sp³-hybridized carbons (Fsp3) is 0.304. The van der Waals surface area contributed by atoms with Gasteiger partial charge in [-0.3, -0.25) is 14.8 Å². The van der Waals surface area contributed by atoms with Crippen LogP contribution in [0.15, 0.2) is 54.9 Å². The van der Waals surface area contributed by atoms with E-state index in [-0.39, 0.29) is 6.54 Å². The summed E-state index contributed by atoms with van der Waals surface area (Å²) in [4.78, 5) is 13.5. The van der Waals surface area contributed by atoms with Crippen LogP contribution in [-0.2, 0) is 17.9 Å². The molecule has 2 aromatic heterocycles. The largest absolute Gasteiger partial charge is 0.480 e. The third-order valence-electron chi connectivity index (χ3n) is 5.86. The molecule has 0 bridgehead atoms. The van der Waals surface area contributed by atoms with E-state index in [1.54, 1.807) is 4.57 Å². The third-order valence-corrected chi connectivity index (χ3v) is 5.86. The van der Waals surface area contributed by atoms with Crippen LogP contribution in [0.5, 0.6) is 0 Å². The van der Waals surface area contributed by atoms with Crippen LogP contribution < -0.4 is 5.32 Å². The van der Waals surface area contributed by atoms with Crippen molar-refractivity contribution in [2.75, 3.05) is 18.4 Å². The third kappa shape index (κ3) is 3.89. The molecule has 0 radical (unpaired) electrons. The summed E-state index contributed by atoms with van der Waals surface area (Å²) in [5.74, 6) is -0.824. The number of carboxylic acid groups (broad SMARTS) is 1. The van der Waals surface area contributed by atoms with Crippen molar-refractivity contribution in [1.82, 2.24) is 19.7 Å². The van der Waals surface area contributed by atoms with E-state index in [0.29, 0.717) is 6.04 Å². The molecule has 30 heavy (non-hydrogen) atoms. The molecular weight excluding hydrogens is 378 g/mol. The van der Waals surface area contributed by atoms with Gasteiger partial charge in [-0.05, 0) is 66.7 Å². The standard InChI is InChI=1S/C23H25N5O2/c29-23(30)15-28-9-7-17-10-16(3-6-22(17)28)13-27-8-1-2-20(14-27)25-19-4-5-21-18(11-19)12-24-26-21/h3-7,9-12,20,25H,1-2,8,13-15H2,(H,24,26)(H,29,30)/t20-/m1/s1. The number of aromatic amines is 1. The predicted octanol–water partition coefficient (Wildman–Crippen LogP) is 3.68. The summed E-state index contributed by atoms with van der Waals surface area (Å²) >= 11 is 0. The number of H-pyrrole nitrogens is 1. The van der Waals surface area contributed by atoms with Crippen molar-refractivity contribution in [2.24, 2.45) is 0 Å². The molecule has 0 unspecified atom stereocenters. The molecule has 3 heterocycles. The van der Waals surface area contributed by atoms with E-state index < -0.39 is 5.97 Å². The number of carboxylic acids is 1. The molecule has 0 saturated carbocycles. The molecule has 0 spiro atoms. The number of hydrogen-bond acceptors (Lipinski definition) is 4. The van der Waals surface area contributed by atoms with Gasteiger partial charge in [0.1, 0.15) is 6.54 Å². The lowest BCUT2D eigenvalue weighted by Crippen LogP contribution is -2.41. The number of likely N-dealkylation sites (tertiary alicyclic amines) is 1. The Morgan fingerprint density at radius 3 is 3.03 bits per heavy atom. The van der Waals surface area contributed by atoms with Crippen molar-refractivity contribution in [3.63, 3.8) is 0 Å². The van der Waals surface area contributed by atoms with Gasteiger partial charge in [-0.2, -0.15) is 5.10 Å². The SMILES string of the molecule is O=C(O)Cn1ccc2cc(CN3CCC[C@@H](Nc4ccc5[nH]ncc5c4)C3)ccc21. The first kappa shape index (κ1) is 18.7. The first-order valence-electron chi connectivity index (χ1n) is 10.4. The zero-order valence-electron chi connectivity index (χ0n) is 16.7. The van der Waals surface area contributed by atoms with Gasteiger partial charge in [0.2, 0.25) is 0 Å². The number of nitrogens with zero attached hydrogens (tertiary/aromatic N) is 3. The maximum Gasteiger partial charge on any atom is 0.323 e. The second-order valence-electron chi connectivity index (χ2n) is 8.12. The van der Waals surface area contributed by atoms with Gasteiger partial charge in [0.15, 0.2) is 0 Å². The predicted molar refractivity (Wildman–Crippen MR) is 118 cm³/mol. The topological polar surface area (TPSA) is 86.2 Å². The van der Waals surface area contributed by atoms with Crippen molar-refractivity contribution in [3.8, 4) is 0 Å². The van der Waals surface area contributed by atoms with Crippen molar-refractivity contribution in [1.29, 1.82) is 0 Å². The van der Waals surface area contributed by atoms with Crippen molar-refractivity contribution < 1.29 is 9.90 Å². The van der Waals surface area contributed by atoms with Crippen LogP contribution in [0, 0.1) is 0 Å². The molecule has 5 rings (SSSR count). The van der Waals surface area contributed by atoms with Gasteiger partial charge in [-0.25, -0.2) is 0 Å². The van der Waals surface area contributed by atoms with E-state index in [1.807, 2.05) is 24.5 Å². The normalized spacial score (nSPS) is 17.5. The fourth-order valence-corrected chi connectivity index (χ4v) is 4.47. The van der Waals surface area contributed by atoms with Gasteiger partial charge in [0.05, 0.1) is 11.7 Å². The monoisotopic (exact) mass is 403 g/mol. The molecule has 2 aromatic carbocycles. The number of carbonyl (C=O) groups is 1. The molecule has 1 saturated heterocycles. The van der Waals surface area contributed by atoms with Gasteiger partial charge in [0.25, 0.3) is 0 Å². The highest BCUT2D eigenvalue weighted by atomic mass is 16.4. The maximum atomic E-state index is 11.0. The molecular formula is C23H25N5O2. The Balaban J connectivity index is 1.25. The first-order valence-corrected chi connectivity index (χ1v) is 10.4. The summed E-state index contributed by atoms with van der Waals surface area (Å²) in [5.41, 5.74) is 4.42. The van der Waals surface area contributed by atoms with Gasteiger partial charge < -0.3 is 15.0 Å². The molecule has 0 aliphatic carbocycles. The lowest BCUT2D eigenvalue weighted by molar-refractivity contribution is -0.137. The highest BCUT2D eigenvalue weighted by Gasteiger charge is 2.20. The zero-order chi connectivity index (χ0) is 20.5. The average Bonchev–Trinajstić information content (AvgIpc) is 3.34. The zero-order valence-corrected chi connectivity index (χ0v) is 16.7. The summed E-state index contributed by atoms with van der Waals surface area (Å²) < 4.78 is 1.78. The number of fused-ring (bicyclic) bond motifs is 2. The van der Waals surface area contributed by atoms with Crippen LogP contribution in [0.1, 0.15) is 18.4 Å². The number of rotatable bonds is 6. The Hall–Kier alpha value is -3.32. The van der Waals surface area contributed by atoms with Crippen molar-refractivity contribution >= 4 is 33.5 Å². The Labute approximate surface area is 174 Å². The van der Waals surface area contributed by atoms with Crippen molar-refractivity contribution in [3.05, 3.63) is 60.4 Å². The highest BCUT2D eigenvalue weighted by molar-refractivity contribution is 5.83. The van der Waals surface area contributed by atoms with Crippen LogP contribution in [0.2, 0.25) is 0 Å². The molecule has 0 amide bonds. The summed E-state index contributed by atoms with van der Waals surface area (Å²) in [6.45, 7) is 2.99. The van der Waals surface area contributed by atoms with Crippen LogP contribution in [0.25, 0.3) is 21.8 Å². The minimum absolute atomic E-state index is 0.00701. The van der Waals surface area contributed by atoms with Crippen LogP contribution >= 0.6 is 0 Å². The molecule has 154 valence electrons. The molecule has 1 fully saturated rings. The van der Waals surface area contributed by atoms with E-state index >= 15 is 0 Å². The summed E-state index contributed by atoms with van der Waals surface area (Å²) in [6, 6.07) is 15.1. The molecule has 3 N–H and O–H groups in total. The number of hydrogen-bond donors (Lipinski definition) is 3. The molecule has 1 atom stereocenters. The second-order valence-corrected chi connectivity index (χ2v) is 8.12. The Morgan fingerprint density at radius 1 is 1.20 bits per heavy atom. The fourth-order valence-electron chi connectivity index (χ4n) is 4.47. The van der Waals surface area contributed by atoms with Gasteiger partial charge in [-0.15, -0.1) is 0 Å². The van der Waals surface area contributed by atoms with Crippen LogP contribution in [0.4, 0.5) is 5.69 Å². The summed E-state index contributed by atoms with van der Waals surface area (Å²) in [7, 11) is 0. The molecule has 4 aromatic rings. The molecule has 1 aliphatic rings. The van der Waals surface area contributed by atoms with E-state index in [1.165, 1.54) is 12.0 Å². The maximum absolute atomic E-state index is 11.0. The minimum atomic E-state index is -0.824. The second kappa shape index (κ2) is 7.84. The molecule has 1 aliphatic heterocycles. The van der Waals surface area contributed by atoms with Gasteiger partial charge in [0, 0.05) is 41.9 Å². The Bertz CT molecular complexity index is 1190.